The zero-order chi connectivity index (χ0) is 32.7. The van der Waals surface area contributed by atoms with Crippen LogP contribution in [0.3, 0.4) is 0 Å². The number of rotatable bonds is 7. The molecule has 2 aliphatic heterocycles. The highest BCUT2D eigenvalue weighted by molar-refractivity contribution is 6.23. The summed E-state index contributed by atoms with van der Waals surface area (Å²) >= 11 is 0. The van der Waals surface area contributed by atoms with E-state index in [1.807, 2.05) is 36.4 Å². The number of hydrogen-bond donors (Lipinski definition) is 1. The van der Waals surface area contributed by atoms with Gasteiger partial charge in [-0.05, 0) is 79.1 Å². The van der Waals surface area contributed by atoms with Crippen LogP contribution in [0.4, 0.5) is 17.1 Å². The zero-order valence-corrected chi connectivity index (χ0v) is 25.7. The molecule has 1 N–H and O–H groups in total. The van der Waals surface area contributed by atoms with Crippen LogP contribution in [-0.2, 0) is 16.1 Å². The molecular weight excluding hydrogens is 596 g/mol. The van der Waals surface area contributed by atoms with Gasteiger partial charge in [0, 0.05) is 17.3 Å². The summed E-state index contributed by atoms with van der Waals surface area (Å²) in [6, 6.07) is 27.6. The fourth-order valence-electron chi connectivity index (χ4n) is 6.83. The lowest BCUT2D eigenvalue weighted by molar-refractivity contribution is -0.123. The maximum Gasteiger partial charge on any atom is 0.262 e. The predicted molar refractivity (Wildman–Crippen MR) is 175 cm³/mol. The molecule has 236 valence electrons. The molecular formula is C37H32N4O6. The Morgan fingerprint density at radius 1 is 0.766 bits per heavy atom. The Morgan fingerprint density at radius 2 is 1.40 bits per heavy atom. The first-order chi connectivity index (χ1) is 22.8. The van der Waals surface area contributed by atoms with E-state index in [9.17, 15) is 24.0 Å². The Hall–Kier alpha value is -5.77. The lowest BCUT2D eigenvalue weighted by atomic mass is 10.0. The summed E-state index contributed by atoms with van der Waals surface area (Å²) in [6.45, 7) is -0.159. The third kappa shape index (κ3) is 5.41. The first-order valence-corrected chi connectivity index (χ1v) is 15.6. The lowest BCUT2D eigenvalue weighted by Crippen LogP contribution is -2.49. The zero-order valence-electron chi connectivity index (χ0n) is 25.7. The molecule has 2 unspecified atom stereocenters. The molecule has 10 nitrogen and oxygen atoms in total. The predicted octanol–water partition coefficient (Wildman–Crippen LogP) is 5.29. The summed E-state index contributed by atoms with van der Waals surface area (Å²) in [6.07, 6.45) is 2.03. The molecule has 7 rings (SSSR count). The Balaban J connectivity index is 1.13. The number of nitrogens with one attached hydrogen (secondary N) is 1. The molecule has 2 heterocycles. The number of carbonyl (C=O) groups is 5. The molecule has 1 saturated carbocycles. The van der Waals surface area contributed by atoms with Gasteiger partial charge in [0.25, 0.3) is 17.7 Å². The second-order valence-corrected chi connectivity index (χ2v) is 11.9. The molecule has 4 aromatic rings. The van der Waals surface area contributed by atoms with Crippen LogP contribution >= 0.6 is 0 Å². The topological polar surface area (TPSA) is 116 Å². The fourth-order valence-corrected chi connectivity index (χ4v) is 6.83. The third-order valence-corrected chi connectivity index (χ3v) is 9.17. The molecule has 4 aromatic carbocycles. The van der Waals surface area contributed by atoms with Crippen molar-refractivity contribution in [2.75, 3.05) is 28.8 Å². The maximum atomic E-state index is 14.2. The molecule has 47 heavy (non-hydrogen) atoms. The fraction of sp³-hybridized carbons (Fsp3) is 0.216. The van der Waals surface area contributed by atoms with Gasteiger partial charge in [-0.1, -0.05) is 42.8 Å². The second kappa shape index (κ2) is 12.2. The highest BCUT2D eigenvalue weighted by atomic mass is 16.5. The van der Waals surface area contributed by atoms with Crippen molar-refractivity contribution in [1.82, 2.24) is 4.90 Å². The third-order valence-electron chi connectivity index (χ3n) is 9.17. The summed E-state index contributed by atoms with van der Waals surface area (Å²) in [5, 5.41) is 2.89. The first-order valence-electron chi connectivity index (χ1n) is 15.6. The van der Waals surface area contributed by atoms with E-state index in [4.69, 9.17) is 4.74 Å². The molecule has 5 amide bonds. The smallest absolute Gasteiger partial charge is 0.262 e. The van der Waals surface area contributed by atoms with E-state index in [1.165, 1.54) is 0 Å². The number of fused-ring (bicyclic) bond motifs is 3. The molecule has 0 bridgehead atoms. The van der Waals surface area contributed by atoms with Crippen LogP contribution in [0.15, 0.2) is 97.1 Å². The van der Waals surface area contributed by atoms with Gasteiger partial charge in [-0.2, -0.15) is 0 Å². The number of anilines is 3. The van der Waals surface area contributed by atoms with Gasteiger partial charge in [-0.25, -0.2) is 0 Å². The van der Waals surface area contributed by atoms with Gasteiger partial charge in [0.1, 0.15) is 12.3 Å². The van der Waals surface area contributed by atoms with Crippen molar-refractivity contribution >= 4 is 46.6 Å². The number of carbonyl (C=O) groups excluding carboxylic acids is 5. The number of ether oxygens (including phenoxy) is 1. The number of para-hydroxylation sites is 2. The summed E-state index contributed by atoms with van der Waals surface area (Å²) in [5.41, 5.74) is 3.67. The first kappa shape index (κ1) is 29.9. The number of methoxy groups -OCH3 is 1. The minimum atomic E-state index is -0.494. The largest absolute Gasteiger partial charge is 0.497 e. The standard InChI is InChI=1S/C37H32N4O6/c1-47-26-19-15-24(16-20-26)34(43)38-25-17-13-23(14-18-25)21-39-31-10-4-5-11-32(31)41(30-12-6-9-29(30)37(39)46)33(42)22-40-35(44)27-7-2-3-8-28(27)36(40)45/h2-5,7-8,10-11,13-20,29-30H,6,9,12,21-22H2,1H3,(H,38,43). The van der Waals surface area contributed by atoms with E-state index in [0.717, 1.165) is 16.9 Å². The minimum absolute atomic E-state index is 0.0761. The van der Waals surface area contributed by atoms with E-state index in [1.54, 1.807) is 77.6 Å². The van der Waals surface area contributed by atoms with Crippen molar-refractivity contribution in [1.29, 1.82) is 0 Å². The van der Waals surface area contributed by atoms with E-state index in [2.05, 4.69) is 5.32 Å². The van der Waals surface area contributed by atoms with Gasteiger partial charge < -0.3 is 19.9 Å². The van der Waals surface area contributed by atoms with Gasteiger partial charge in [-0.15, -0.1) is 0 Å². The van der Waals surface area contributed by atoms with E-state index in [-0.39, 0.29) is 29.5 Å². The quantitative estimate of drug-likeness (QED) is 0.278. The summed E-state index contributed by atoms with van der Waals surface area (Å²) in [7, 11) is 1.57. The molecule has 0 aromatic heterocycles. The average Bonchev–Trinajstić information content (AvgIpc) is 3.65. The highest BCUT2D eigenvalue weighted by Crippen LogP contribution is 2.43. The molecule has 1 aliphatic carbocycles. The van der Waals surface area contributed by atoms with Crippen molar-refractivity contribution < 1.29 is 28.7 Å². The second-order valence-electron chi connectivity index (χ2n) is 11.9. The Kier molecular flexibility index (Phi) is 7.77. The van der Waals surface area contributed by atoms with Crippen molar-refractivity contribution in [3.63, 3.8) is 0 Å². The van der Waals surface area contributed by atoms with Crippen LogP contribution < -0.4 is 19.9 Å². The van der Waals surface area contributed by atoms with Crippen LogP contribution in [0.5, 0.6) is 5.75 Å². The maximum absolute atomic E-state index is 14.2. The lowest BCUT2D eigenvalue weighted by Gasteiger charge is -2.31. The van der Waals surface area contributed by atoms with Crippen LogP contribution in [0.25, 0.3) is 0 Å². The number of amides is 5. The number of benzene rings is 4. The van der Waals surface area contributed by atoms with Gasteiger partial charge in [0.05, 0.1) is 42.1 Å². The van der Waals surface area contributed by atoms with E-state index in [0.29, 0.717) is 41.2 Å². The summed E-state index contributed by atoms with van der Waals surface area (Å²) < 4.78 is 5.16. The molecule has 10 heteroatoms. The molecule has 0 spiro atoms. The molecule has 3 aliphatic rings. The monoisotopic (exact) mass is 628 g/mol. The normalized spacial score (nSPS) is 18.4. The van der Waals surface area contributed by atoms with Crippen LogP contribution in [0.1, 0.15) is 55.9 Å². The Bertz CT molecular complexity index is 1870. The SMILES string of the molecule is COc1ccc(C(=O)Nc2ccc(CN3C(=O)C4CCCC4N(C(=O)CN4C(=O)c5ccccc5C4=O)c4ccccc43)cc2)cc1. The van der Waals surface area contributed by atoms with Crippen LogP contribution in [0.2, 0.25) is 0 Å². The summed E-state index contributed by atoms with van der Waals surface area (Å²) in [5.74, 6) is -1.50. The average molecular weight is 629 g/mol. The number of imide groups is 1. The van der Waals surface area contributed by atoms with Crippen LogP contribution in [0, 0.1) is 5.92 Å². The van der Waals surface area contributed by atoms with Crippen molar-refractivity contribution in [3.05, 3.63) is 119 Å². The van der Waals surface area contributed by atoms with E-state index < -0.39 is 36.2 Å². The molecule has 0 saturated heterocycles. The Labute approximate surface area is 271 Å². The van der Waals surface area contributed by atoms with Gasteiger partial charge in [0.15, 0.2) is 0 Å². The van der Waals surface area contributed by atoms with Gasteiger partial charge >= 0.3 is 0 Å². The van der Waals surface area contributed by atoms with Crippen molar-refractivity contribution in [3.8, 4) is 5.75 Å². The van der Waals surface area contributed by atoms with E-state index >= 15 is 0 Å². The minimum Gasteiger partial charge on any atom is -0.497 e. The molecule has 0 radical (unpaired) electrons. The number of nitrogens with zero attached hydrogens (tertiary/aromatic N) is 3. The molecule has 2 atom stereocenters. The van der Waals surface area contributed by atoms with Gasteiger partial charge in [-0.3, -0.25) is 28.9 Å². The van der Waals surface area contributed by atoms with Crippen LogP contribution in [-0.4, -0.2) is 54.1 Å². The van der Waals surface area contributed by atoms with Crippen molar-refractivity contribution in [2.24, 2.45) is 5.92 Å². The van der Waals surface area contributed by atoms with Gasteiger partial charge in [0.2, 0.25) is 11.8 Å². The Morgan fingerprint density at radius 3 is 2.06 bits per heavy atom. The molecule has 1 fully saturated rings. The number of hydrogen-bond acceptors (Lipinski definition) is 6. The highest BCUT2D eigenvalue weighted by Gasteiger charge is 2.47. The summed E-state index contributed by atoms with van der Waals surface area (Å²) in [4.78, 5) is 71.6. The van der Waals surface area contributed by atoms with Crippen molar-refractivity contribution in [2.45, 2.75) is 31.8 Å².